The number of hydrogen-bond donors (Lipinski definition) is 7. The predicted octanol–water partition coefficient (Wildman–Crippen LogP) is 6.15. The van der Waals surface area contributed by atoms with E-state index in [1.54, 1.807) is 0 Å². The molecule has 2 saturated heterocycles. The van der Waals surface area contributed by atoms with Crippen molar-refractivity contribution < 1.29 is 73.8 Å². The molecule has 0 saturated carbocycles. The third-order valence-electron chi connectivity index (χ3n) is 11.6. The molecule has 0 aromatic heterocycles. The number of ether oxygens (including phenoxy) is 6. The Kier molecular flexibility index (Phi) is 33.3. The molecular weight excluding hydrogens is 829 g/mol. The first kappa shape index (κ1) is 57.8. The number of carbonyl (C=O) groups excluding carboxylic acids is 2. The van der Waals surface area contributed by atoms with Gasteiger partial charge >= 0.3 is 11.9 Å². The second kappa shape index (κ2) is 36.8. The summed E-state index contributed by atoms with van der Waals surface area (Å²) in [5, 5.41) is 72.0. The van der Waals surface area contributed by atoms with Crippen molar-refractivity contribution >= 4 is 11.9 Å². The highest BCUT2D eigenvalue weighted by Crippen LogP contribution is 2.26. The molecule has 0 spiro atoms. The van der Waals surface area contributed by atoms with Gasteiger partial charge in [0.1, 0.15) is 55.4 Å². The van der Waals surface area contributed by atoms with Gasteiger partial charge in [0.2, 0.25) is 0 Å². The van der Waals surface area contributed by atoms with Gasteiger partial charge in [-0.2, -0.15) is 0 Å². The Morgan fingerprint density at radius 1 is 0.500 bits per heavy atom. The van der Waals surface area contributed by atoms with Crippen molar-refractivity contribution in [3.05, 3.63) is 36.5 Å². The van der Waals surface area contributed by atoms with Crippen molar-refractivity contribution in [2.75, 3.05) is 26.4 Å². The van der Waals surface area contributed by atoms with E-state index in [9.17, 15) is 45.3 Å². The van der Waals surface area contributed by atoms with Gasteiger partial charge in [0.25, 0.3) is 0 Å². The molecule has 15 heteroatoms. The zero-order valence-electron chi connectivity index (χ0n) is 39.0. The van der Waals surface area contributed by atoms with E-state index in [1.165, 1.54) is 77.0 Å². The number of aliphatic hydroxyl groups is 7. The van der Waals surface area contributed by atoms with E-state index in [0.29, 0.717) is 12.8 Å². The summed E-state index contributed by atoms with van der Waals surface area (Å²) >= 11 is 0. The van der Waals surface area contributed by atoms with Crippen molar-refractivity contribution in [1.82, 2.24) is 0 Å². The third-order valence-corrected chi connectivity index (χ3v) is 11.6. The Balaban J connectivity index is 1.85. The molecule has 15 nitrogen and oxygen atoms in total. The molecule has 2 aliphatic heterocycles. The Hall–Kier alpha value is -2.28. The Bertz CT molecular complexity index is 1260. The molecule has 64 heavy (non-hydrogen) atoms. The molecule has 2 fully saturated rings. The van der Waals surface area contributed by atoms with E-state index in [1.807, 2.05) is 0 Å². The first-order valence-electron chi connectivity index (χ1n) is 24.6. The monoisotopic (exact) mass is 915 g/mol. The van der Waals surface area contributed by atoms with Crippen LogP contribution in [0.15, 0.2) is 36.5 Å². The van der Waals surface area contributed by atoms with Crippen LogP contribution in [0.25, 0.3) is 0 Å². The fourth-order valence-corrected chi connectivity index (χ4v) is 7.52. The summed E-state index contributed by atoms with van der Waals surface area (Å²) in [6.45, 7) is 2.51. The second-order valence-electron chi connectivity index (χ2n) is 17.3. The van der Waals surface area contributed by atoms with Gasteiger partial charge in [0.05, 0.1) is 19.8 Å². The summed E-state index contributed by atoms with van der Waals surface area (Å²) in [5.74, 6) is -0.968. The van der Waals surface area contributed by atoms with Crippen molar-refractivity contribution in [3.63, 3.8) is 0 Å². The summed E-state index contributed by atoms with van der Waals surface area (Å²) in [6, 6.07) is 0. The molecular formula is C49H86O15. The molecule has 372 valence electrons. The Labute approximate surface area is 383 Å². The number of esters is 2. The lowest BCUT2D eigenvalue weighted by Crippen LogP contribution is -2.61. The van der Waals surface area contributed by atoms with Gasteiger partial charge in [0, 0.05) is 12.8 Å². The van der Waals surface area contributed by atoms with Gasteiger partial charge in [-0.3, -0.25) is 9.59 Å². The molecule has 1 unspecified atom stereocenters. The molecule has 2 heterocycles. The van der Waals surface area contributed by atoms with Gasteiger partial charge in [-0.05, 0) is 51.4 Å². The van der Waals surface area contributed by atoms with Crippen molar-refractivity contribution in [2.24, 2.45) is 0 Å². The SMILES string of the molecule is CCCCC/C=C\C/C=C\C/C=C\CCCCC(=O)OC(COC(=O)CCCCCCCCCCCCCCC)CO[C@@H]1O[C@H](CO[C@H]2O[C@H](CO)[C@H](O)[C@H](O)[C@H]2O)[C@H](O)[C@H](O)[C@H]1O. The Morgan fingerprint density at radius 2 is 0.938 bits per heavy atom. The maximum absolute atomic E-state index is 13.0. The van der Waals surface area contributed by atoms with Crippen LogP contribution in [0.1, 0.15) is 168 Å². The third kappa shape index (κ3) is 25.0. The van der Waals surface area contributed by atoms with E-state index in [0.717, 1.165) is 51.4 Å². The summed E-state index contributed by atoms with van der Waals surface area (Å²) in [4.78, 5) is 25.7. The zero-order valence-corrected chi connectivity index (χ0v) is 39.0. The van der Waals surface area contributed by atoms with E-state index < -0.39 is 99.3 Å². The summed E-state index contributed by atoms with van der Waals surface area (Å²) in [7, 11) is 0. The molecule has 2 rings (SSSR count). The summed E-state index contributed by atoms with van der Waals surface area (Å²) < 4.78 is 33.5. The van der Waals surface area contributed by atoms with Crippen LogP contribution in [-0.4, -0.2) is 142 Å². The molecule has 11 atom stereocenters. The van der Waals surface area contributed by atoms with Crippen LogP contribution in [0.2, 0.25) is 0 Å². The average Bonchev–Trinajstić information content (AvgIpc) is 3.29. The Morgan fingerprint density at radius 3 is 1.50 bits per heavy atom. The highest BCUT2D eigenvalue weighted by atomic mass is 16.7. The molecule has 0 bridgehead atoms. The van der Waals surface area contributed by atoms with Gasteiger partial charge in [-0.25, -0.2) is 0 Å². The lowest BCUT2D eigenvalue weighted by atomic mass is 9.98. The molecule has 0 aromatic rings. The van der Waals surface area contributed by atoms with Crippen LogP contribution in [0.4, 0.5) is 0 Å². The van der Waals surface area contributed by atoms with E-state index in [-0.39, 0.29) is 19.4 Å². The first-order valence-corrected chi connectivity index (χ1v) is 24.6. The van der Waals surface area contributed by atoms with Crippen molar-refractivity contribution in [2.45, 2.75) is 235 Å². The van der Waals surface area contributed by atoms with Gasteiger partial charge in [0.15, 0.2) is 18.7 Å². The van der Waals surface area contributed by atoms with Crippen LogP contribution >= 0.6 is 0 Å². The van der Waals surface area contributed by atoms with Crippen molar-refractivity contribution in [1.29, 1.82) is 0 Å². The number of carbonyl (C=O) groups is 2. The topological polar surface area (TPSA) is 231 Å². The number of hydrogen-bond acceptors (Lipinski definition) is 15. The van der Waals surface area contributed by atoms with Crippen molar-refractivity contribution in [3.8, 4) is 0 Å². The molecule has 2 aliphatic rings. The normalized spacial score (nSPS) is 26.9. The molecule has 0 aromatic carbocycles. The van der Waals surface area contributed by atoms with Crippen LogP contribution in [0.5, 0.6) is 0 Å². The maximum atomic E-state index is 13.0. The standard InChI is InChI=1S/C49H86O15/c1-3-5-7-9-11-13-15-17-18-20-22-24-26-28-30-32-41(52)62-37(34-59-40(51)31-29-27-25-23-21-19-16-14-12-10-8-6-4-2)35-60-48-47(58)45(56)43(54)39(64-48)36-61-49-46(57)44(55)42(53)38(33-50)63-49/h11,13,17-18,22,24,37-39,42-50,53-58H,3-10,12,14-16,19-21,23,25-36H2,1-2H3/b13-11-,18-17-,24-22-/t37?,38-,39-,42+,43+,44+,45+,46-,47-,48-,49+/m1/s1. The van der Waals surface area contributed by atoms with Gasteiger partial charge in [-0.1, -0.05) is 140 Å². The van der Waals surface area contributed by atoms with Gasteiger partial charge < -0.3 is 64.2 Å². The van der Waals surface area contributed by atoms with E-state index in [4.69, 9.17) is 28.4 Å². The van der Waals surface area contributed by atoms with Crippen LogP contribution in [0, 0.1) is 0 Å². The number of aliphatic hydroxyl groups excluding tert-OH is 7. The zero-order chi connectivity index (χ0) is 46.8. The molecule has 0 amide bonds. The van der Waals surface area contributed by atoms with E-state index >= 15 is 0 Å². The minimum atomic E-state index is -1.77. The highest BCUT2D eigenvalue weighted by molar-refractivity contribution is 5.70. The maximum Gasteiger partial charge on any atom is 0.306 e. The first-order chi connectivity index (χ1) is 31.0. The number of unbranched alkanes of at least 4 members (excludes halogenated alkanes) is 17. The summed E-state index contributed by atoms with van der Waals surface area (Å²) in [6.07, 6.45) is 20.4. The smallest absolute Gasteiger partial charge is 0.306 e. The molecule has 0 radical (unpaired) electrons. The molecule has 0 aliphatic carbocycles. The van der Waals surface area contributed by atoms with Crippen LogP contribution < -0.4 is 0 Å². The lowest BCUT2D eigenvalue weighted by molar-refractivity contribution is -0.332. The van der Waals surface area contributed by atoms with E-state index in [2.05, 4.69) is 50.3 Å². The second-order valence-corrected chi connectivity index (χ2v) is 17.3. The largest absolute Gasteiger partial charge is 0.462 e. The fraction of sp³-hybridized carbons (Fsp3) is 0.837. The minimum absolute atomic E-state index is 0.118. The predicted molar refractivity (Wildman–Crippen MR) is 243 cm³/mol. The van der Waals surface area contributed by atoms with Gasteiger partial charge in [-0.15, -0.1) is 0 Å². The minimum Gasteiger partial charge on any atom is -0.462 e. The highest BCUT2D eigenvalue weighted by Gasteiger charge is 2.47. The fourth-order valence-electron chi connectivity index (χ4n) is 7.52. The quantitative estimate of drug-likeness (QED) is 0.0211. The van der Waals surface area contributed by atoms with Crippen LogP contribution in [0.3, 0.4) is 0 Å². The summed E-state index contributed by atoms with van der Waals surface area (Å²) in [5.41, 5.74) is 0. The number of rotatable bonds is 37. The molecule has 7 N–H and O–H groups in total. The van der Waals surface area contributed by atoms with Crippen LogP contribution in [-0.2, 0) is 38.0 Å². The number of allylic oxidation sites excluding steroid dienone is 6. The average molecular weight is 915 g/mol. The lowest BCUT2D eigenvalue weighted by Gasteiger charge is -2.42.